The van der Waals surface area contributed by atoms with Crippen LogP contribution in [0.15, 0.2) is 30.3 Å². The Morgan fingerprint density at radius 3 is 2.45 bits per heavy atom. The van der Waals surface area contributed by atoms with Gasteiger partial charge in [-0.1, -0.05) is 30.3 Å². The molecule has 0 atom stereocenters. The number of ether oxygens (including phenoxy) is 1. The van der Waals surface area contributed by atoms with Gasteiger partial charge in [0.25, 0.3) is 0 Å². The molecule has 5 nitrogen and oxygen atoms in total. The summed E-state index contributed by atoms with van der Waals surface area (Å²) >= 11 is 0. The number of benzene rings is 1. The number of aliphatic carboxylic acids is 1. The Bertz CT molecular complexity index is 671. The van der Waals surface area contributed by atoms with Gasteiger partial charge < -0.3 is 9.84 Å². The van der Waals surface area contributed by atoms with Crippen LogP contribution < -0.4 is 4.74 Å². The van der Waals surface area contributed by atoms with E-state index in [1.165, 1.54) is 0 Å². The minimum atomic E-state index is -1.01. The van der Waals surface area contributed by atoms with Gasteiger partial charge in [-0.2, -0.15) is 0 Å². The third-order valence-electron chi connectivity index (χ3n) is 3.71. The summed E-state index contributed by atoms with van der Waals surface area (Å²) in [6, 6.07) is 9.94. The molecule has 0 bridgehead atoms. The molecule has 0 saturated carbocycles. The van der Waals surface area contributed by atoms with Gasteiger partial charge in [0.05, 0.1) is 11.4 Å². The Morgan fingerprint density at radius 2 is 1.77 bits per heavy atom. The lowest BCUT2D eigenvalue weighted by atomic mass is 10.00. The van der Waals surface area contributed by atoms with E-state index in [1.807, 2.05) is 30.3 Å². The molecule has 114 valence electrons. The smallest absolute Gasteiger partial charge is 0.341 e. The largest absolute Gasteiger partial charge is 0.479 e. The Hall–Kier alpha value is -2.43. The van der Waals surface area contributed by atoms with Crippen LogP contribution in [0.1, 0.15) is 35.5 Å². The SMILES string of the molecule is O=C(O)COc1nc2c(nc1Cc1ccccc1)CCCC2. The highest BCUT2D eigenvalue weighted by Crippen LogP contribution is 2.24. The Balaban J connectivity index is 1.92. The Kier molecular flexibility index (Phi) is 4.32. The summed E-state index contributed by atoms with van der Waals surface area (Å²) in [5.41, 5.74) is 3.80. The number of hydrogen-bond acceptors (Lipinski definition) is 4. The zero-order chi connectivity index (χ0) is 15.4. The maximum absolute atomic E-state index is 10.8. The molecule has 5 heteroatoms. The fraction of sp³-hybridized carbons (Fsp3) is 0.353. The lowest BCUT2D eigenvalue weighted by Crippen LogP contribution is -2.16. The van der Waals surface area contributed by atoms with Gasteiger partial charge >= 0.3 is 5.97 Å². The molecule has 1 heterocycles. The Morgan fingerprint density at radius 1 is 1.09 bits per heavy atom. The Labute approximate surface area is 129 Å². The van der Waals surface area contributed by atoms with Crippen LogP contribution in [0.4, 0.5) is 0 Å². The minimum absolute atomic E-state index is 0.354. The third-order valence-corrected chi connectivity index (χ3v) is 3.71. The van der Waals surface area contributed by atoms with Crippen LogP contribution in [0, 0.1) is 0 Å². The van der Waals surface area contributed by atoms with E-state index in [4.69, 9.17) is 14.8 Å². The maximum atomic E-state index is 10.8. The summed E-state index contributed by atoms with van der Waals surface area (Å²) in [4.78, 5) is 20.0. The van der Waals surface area contributed by atoms with Gasteiger partial charge in [0.2, 0.25) is 5.88 Å². The van der Waals surface area contributed by atoms with E-state index < -0.39 is 12.6 Å². The standard InChI is InChI=1S/C17H18N2O3/c20-16(21)11-22-17-15(10-12-6-2-1-3-7-12)18-13-8-4-5-9-14(13)19-17/h1-3,6-7H,4-5,8-11H2,(H,20,21). The van der Waals surface area contributed by atoms with Crippen LogP contribution in [-0.2, 0) is 24.1 Å². The summed E-state index contributed by atoms with van der Waals surface area (Å²) in [7, 11) is 0. The van der Waals surface area contributed by atoms with Crippen molar-refractivity contribution in [2.75, 3.05) is 6.61 Å². The number of hydrogen-bond donors (Lipinski definition) is 1. The number of carboxylic acids is 1. The molecule has 0 spiro atoms. The predicted molar refractivity (Wildman–Crippen MR) is 81.1 cm³/mol. The van der Waals surface area contributed by atoms with Crippen molar-refractivity contribution in [2.24, 2.45) is 0 Å². The van der Waals surface area contributed by atoms with Crippen molar-refractivity contribution in [1.29, 1.82) is 0 Å². The molecule has 0 fully saturated rings. The van der Waals surface area contributed by atoms with E-state index in [0.29, 0.717) is 18.0 Å². The highest BCUT2D eigenvalue weighted by molar-refractivity contribution is 5.68. The van der Waals surface area contributed by atoms with Crippen molar-refractivity contribution in [3.8, 4) is 5.88 Å². The summed E-state index contributed by atoms with van der Waals surface area (Å²) in [5.74, 6) is -0.655. The lowest BCUT2D eigenvalue weighted by molar-refractivity contribution is -0.139. The molecule has 1 aromatic heterocycles. The molecule has 1 aliphatic carbocycles. The fourth-order valence-corrected chi connectivity index (χ4v) is 2.66. The molecule has 3 rings (SSSR count). The summed E-state index contributed by atoms with van der Waals surface area (Å²) < 4.78 is 5.36. The lowest BCUT2D eigenvalue weighted by Gasteiger charge is -2.17. The first kappa shape index (κ1) is 14.5. The quantitative estimate of drug-likeness (QED) is 0.917. The first-order chi connectivity index (χ1) is 10.7. The molecule has 1 aliphatic rings. The maximum Gasteiger partial charge on any atom is 0.341 e. The fourth-order valence-electron chi connectivity index (χ4n) is 2.66. The average molecular weight is 298 g/mol. The number of nitrogens with zero attached hydrogens (tertiary/aromatic N) is 2. The zero-order valence-corrected chi connectivity index (χ0v) is 12.3. The summed E-state index contributed by atoms with van der Waals surface area (Å²) in [5, 5.41) is 8.82. The van der Waals surface area contributed by atoms with Crippen molar-refractivity contribution in [1.82, 2.24) is 9.97 Å². The molecule has 0 aliphatic heterocycles. The third kappa shape index (κ3) is 3.42. The van der Waals surface area contributed by atoms with Gasteiger partial charge in [-0.3, -0.25) is 0 Å². The number of fused-ring (bicyclic) bond motifs is 1. The topological polar surface area (TPSA) is 72.3 Å². The number of aryl methyl sites for hydroxylation is 2. The van der Waals surface area contributed by atoms with Gasteiger partial charge in [-0.25, -0.2) is 14.8 Å². The van der Waals surface area contributed by atoms with Crippen LogP contribution in [0.5, 0.6) is 5.88 Å². The molecule has 0 amide bonds. The number of carbonyl (C=O) groups is 1. The highest BCUT2D eigenvalue weighted by atomic mass is 16.5. The molecule has 1 aromatic carbocycles. The van der Waals surface area contributed by atoms with Crippen molar-refractivity contribution in [3.05, 3.63) is 53.0 Å². The van der Waals surface area contributed by atoms with E-state index in [0.717, 1.165) is 42.6 Å². The molecule has 22 heavy (non-hydrogen) atoms. The van der Waals surface area contributed by atoms with Crippen LogP contribution >= 0.6 is 0 Å². The van der Waals surface area contributed by atoms with E-state index in [9.17, 15) is 4.79 Å². The second kappa shape index (κ2) is 6.56. The van der Waals surface area contributed by atoms with E-state index in [-0.39, 0.29) is 0 Å². The van der Waals surface area contributed by atoms with E-state index >= 15 is 0 Å². The summed E-state index contributed by atoms with van der Waals surface area (Å²) in [6.45, 7) is -0.394. The van der Waals surface area contributed by atoms with Gasteiger partial charge in [0, 0.05) is 6.42 Å². The highest BCUT2D eigenvalue weighted by Gasteiger charge is 2.18. The normalized spacial score (nSPS) is 13.5. The van der Waals surface area contributed by atoms with Crippen LogP contribution in [0.3, 0.4) is 0 Å². The second-order valence-electron chi connectivity index (χ2n) is 5.42. The second-order valence-corrected chi connectivity index (χ2v) is 5.42. The van der Waals surface area contributed by atoms with Crippen LogP contribution in [-0.4, -0.2) is 27.7 Å². The van der Waals surface area contributed by atoms with E-state index in [1.54, 1.807) is 0 Å². The van der Waals surface area contributed by atoms with Crippen LogP contribution in [0.25, 0.3) is 0 Å². The predicted octanol–water partition coefficient (Wildman–Crippen LogP) is 2.41. The van der Waals surface area contributed by atoms with Crippen molar-refractivity contribution >= 4 is 5.97 Å². The molecule has 2 aromatic rings. The molecular formula is C17H18N2O3. The molecular weight excluding hydrogens is 280 g/mol. The first-order valence-electron chi connectivity index (χ1n) is 7.49. The van der Waals surface area contributed by atoms with Crippen molar-refractivity contribution in [2.45, 2.75) is 32.1 Å². The minimum Gasteiger partial charge on any atom is -0.479 e. The van der Waals surface area contributed by atoms with Crippen LogP contribution in [0.2, 0.25) is 0 Å². The summed E-state index contributed by atoms with van der Waals surface area (Å²) in [6.07, 6.45) is 4.64. The average Bonchev–Trinajstić information content (AvgIpc) is 2.53. The zero-order valence-electron chi connectivity index (χ0n) is 12.3. The van der Waals surface area contributed by atoms with E-state index in [2.05, 4.69) is 4.98 Å². The number of aromatic nitrogens is 2. The van der Waals surface area contributed by atoms with Gasteiger partial charge in [-0.15, -0.1) is 0 Å². The van der Waals surface area contributed by atoms with Crippen molar-refractivity contribution in [3.63, 3.8) is 0 Å². The molecule has 0 radical (unpaired) electrons. The first-order valence-corrected chi connectivity index (χ1v) is 7.49. The van der Waals surface area contributed by atoms with Gasteiger partial charge in [-0.05, 0) is 31.2 Å². The van der Waals surface area contributed by atoms with Crippen molar-refractivity contribution < 1.29 is 14.6 Å². The van der Waals surface area contributed by atoms with Gasteiger partial charge in [0.15, 0.2) is 6.61 Å². The molecule has 0 saturated heterocycles. The molecule has 0 unspecified atom stereocenters. The monoisotopic (exact) mass is 298 g/mol. The van der Waals surface area contributed by atoms with Gasteiger partial charge in [0.1, 0.15) is 5.69 Å². The molecule has 1 N–H and O–H groups in total. The number of carboxylic acid groups (broad SMARTS) is 1. The number of rotatable bonds is 5.